The number of anilines is 1. The molecule has 0 unspecified atom stereocenters. The van der Waals surface area contributed by atoms with E-state index in [0.717, 1.165) is 15.9 Å². The second-order valence-electron chi connectivity index (χ2n) is 8.25. The Balaban J connectivity index is 1.37. The number of aryl methyl sites for hydroxylation is 1. The maximum atomic E-state index is 12.6. The molecule has 0 radical (unpaired) electrons. The monoisotopic (exact) mass is 516 g/mol. The van der Waals surface area contributed by atoms with Gasteiger partial charge in [0.05, 0.1) is 16.8 Å². The lowest BCUT2D eigenvalue weighted by atomic mass is 10.2. The minimum atomic E-state index is -3.94. The second-order valence-corrected chi connectivity index (χ2v) is 11.3. The zero-order valence-electron chi connectivity index (χ0n) is 19.7. The van der Waals surface area contributed by atoms with Crippen LogP contribution >= 0.6 is 11.3 Å². The third kappa shape index (κ3) is 6.09. The molecule has 0 atom stereocenters. The maximum absolute atomic E-state index is 12.6. The molecule has 0 spiro atoms. The first-order valence-electron chi connectivity index (χ1n) is 11.3. The van der Waals surface area contributed by atoms with E-state index in [1.807, 2.05) is 55.5 Å². The highest BCUT2D eigenvalue weighted by molar-refractivity contribution is 7.92. The van der Waals surface area contributed by atoms with E-state index in [0.29, 0.717) is 43.3 Å². The summed E-state index contributed by atoms with van der Waals surface area (Å²) in [6.07, 6.45) is 0. The van der Waals surface area contributed by atoms with Gasteiger partial charge in [-0.25, -0.2) is 8.42 Å². The normalized spacial score (nSPS) is 15.0. The molecule has 2 heterocycles. The van der Waals surface area contributed by atoms with Gasteiger partial charge in [0.25, 0.3) is 5.91 Å². The zero-order valence-corrected chi connectivity index (χ0v) is 21.3. The lowest BCUT2D eigenvalue weighted by Gasteiger charge is -2.36. The lowest BCUT2D eigenvalue weighted by molar-refractivity contribution is -0.128. The first kappa shape index (κ1) is 24.9. The van der Waals surface area contributed by atoms with Gasteiger partial charge >= 0.3 is 0 Å². The molecule has 11 heteroatoms. The van der Waals surface area contributed by atoms with E-state index in [-0.39, 0.29) is 0 Å². The molecule has 1 saturated heterocycles. The Bertz CT molecular complexity index is 1390. The molecular weight excluding hydrogens is 488 g/mol. The van der Waals surface area contributed by atoms with Crippen molar-refractivity contribution in [3.63, 3.8) is 0 Å². The Morgan fingerprint density at radius 2 is 1.74 bits per heavy atom. The van der Waals surface area contributed by atoms with Crippen molar-refractivity contribution in [3.8, 4) is 5.75 Å². The number of aromatic nitrogens is 1. The van der Waals surface area contributed by atoms with Gasteiger partial charge < -0.3 is 19.1 Å². The van der Waals surface area contributed by atoms with Gasteiger partial charge in [0.2, 0.25) is 5.91 Å². The van der Waals surface area contributed by atoms with E-state index in [1.54, 1.807) is 16.5 Å². The van der Waals surface area contributed by atoms with Crippen molar-refractivity contribution in [2.75, 3.05) is 49.2 Å². The molecule has 3 aromatic rings. The number of rotatable bonds is 7. The fourth-order valence-electron chi connectivity index (χ4n) is 3.99. The fraction of sp³-hybridized carbons (Fsp3) is 0.375. The Hall–Kier alpha value is -3.18. The standard InChI is InChI=1S/C24H28N4O5S2/c1-3-33-19-9-10-20-21(15-19)34-24(26(20)2)25-22(29)16-35(31,32)17-23(30)28-13-11-27(12-14-28)18-7-5-4-6-8-18/h4-10,15H,3,11-14,16-17H2,1-2H3. The van der Waals surface area contributed by atoms with Crippen LogP contribution in [0.25, 0.3) is 10.2 Å². The molecule has 0 saturated carbocycles. The number of sulfone groups is 1. The molecular formula is C24H28N4O5S2. The summed E-state index contributed by atoms with van der Waals surface area (Å²) in [5, 5.41) is 0. The number of carbonyl (C=O) groups is 2. The van der Waals surface area contributed by atoms with Crippen LogP contribution in [0.4, 0.5) is 5.69 Å². The summed E-state index contributed by atoms with van der Waals surface area (Å²) < 4.78 is 33.3. The molecule has 0 aliphatic carbocycles. The van der Waals surface area contributed by atoms with Gasteiger partial charge in [-0.3, -0.25) is 9.59 Å². The van der Waals surface area contributed by atoms with Crippen molar-refractivity contribution >= 4 is 48.9 Å². The summed E-state index contributed by atoms with van der Waals surface area (Å²) in [7, 11) is -2.18. The Morgan fingerprint density at radius 3 is 2.43 bits per heavy atom. The van der Waals surface area contributed by atoms with Gasteiger partial charge in [0, 0.05) is 38.9 Å². The van der Waals surface area contributed by atoms with Crippen molar-refractivity contribution in [2.45, 2.75) is 6.92 Å². The lowest BCUT2D eigenvalue weighted by Crippen LogP contribution is -2.50. The van der Waals surface area contributed by atoms with E-state index < -0.39 is 33.2 Å². The molecule has 0 bridgehead atoms. The predicted molar refractivity (Wildman–Crippen MR) is 136 cm³/mol. The van der Waals surface area contributed by atoms with Crippen LogP contribution in [0, 0.1) is 0 Å². The number of hydrogen-bond acceptors (Lipinski definition) is 7. The number of para-hydroxylation sites is 1. The molecule has 2 amide bonds. The van der Waals surface area contributed by atoms with Crippen LogP contribution in [-0.4, -0.2) is 74.0 Å². The molecule has 1 aromatic heterocycles. The largest absolute Gasteiger partial charge is 0.494 e. The smallest absolute Gasteiger partial charge is 0.263 e. The van der Waals surface area contributed by atoms with E-state index in [1.165, 1.54) is 11.3 Å². The van der Waals surface area contributed by atoms with E-state index in [2.05, 4.69) is 9.89 Å². The Labute approximate surface area is 208 Å². The molecule has 1 fully saturated rings. The molecule has 1 aliphatic rings. The van der Waals surface area contributed by atoms with Gasteiger partial charge in [-0.05, 0) is 37.3 Å². The van der Waals surface area contributed by atoms with E-state index in [9.17, 15) is 18.0 Å². The number of fused-ring (bicyclic) bond motifs is 1. The second kappa shape index (κ2) is 10.6. The molecule has 0 N–H and O–H groups in total. The SMILES string of the molecule is CCOc1ccc2c(c1)sc(=NC(=O)CS(=O)(=O)CC(=O)N1CCN(c3ccccc3)CC1)n2C. The third-order valence-corrected chi connectivity index (χ3v) is 8.22. The number of amides is 2. The average Bonchev–Trinajstić information content (AvgIpc) is 3.13. The maximum Gasteiger partial charge on any atom is 0.263 e. The number of piperazine rings is 1. The Morgan fingerprint density at radius 1 is 1.03 bits per heavy atom. The van der Waals surface area contributed by atoms with Crippen molar-refractivity contribution in [3.05, 3.63) is 53.3 Å². The molecule has 2 aromatic carbocycles. The summed E-state index contributed by atoms with van der Waals surface area (Å²) in [5.41, 5.74) is 1.93. The fourth-order valence-corrected chi connectivity index (χ4v) is 6.15. The number of hydrogen-bond donors (Lipinski definition) is 0. The van der Waals surface area contributed by atoms with Gasteiger partial charge in [0.1, 0.15) is 17.3 Å². The Kier molecular flexibility index (Phi) is 7.56. The molecule has 35 heavy (non-hydrogen) atoms. The van der Waals surface area contributed by atoms with Crippen molar-refractivity contribution in [1.82, 2.24) is 9.47 Å². The zero-order chi connectivity index (χ0) is 25.0. The summed E-state index contributed by atoms with van der Waals surface area (Å²) in [6, 6.07) is 15.4. The highest BCUT2D eigenvalue weighted by atomic mass is 32.2. The summed E-state index contributed by atoms with van der Waals surface area (Å²) in [5.74, 6) is -2.07. The first-order valence-corrected chi connectivity index (χ1v) is 14.0. The first-order chi connectivity index (χ1) is 16.8. The summed E-state index contributed by atoms with van der Waals surface area (Å²) in [6.45, 7) is 4.55. The van der Waals surface area contributed by atoms with Crippen LogP contribution in [0.1, 0.15) is 6.92 Å². The predicted octanol–water partition coefficient (Wildman–Crippen LogP) is 1.83. The molecule has 9 nitrogen and oxygen atoms in total. The summed E-state index contributed by atoms with van der Waals surface area (Å²) >= 11 is 1.27. The molecule has 4 rings (SSSR count). The van der Waals surface area contributed by atoms with Gasteiger partial charge in [-0.1, -0.05) is 29.5 Å². The van der Waals surface area contributed by atoms with Crippen LogP contribution in [-0.2, 0) is 26.5 Å². The van der Waals surface area contributed by atoms with E-state index >= 15 is 0 Å². The summed E-state index contributed by atoms with van der Waals surface area (Å²) in [4.78, 5) is 33.2. The van der Waals surface area contributed by atoms with Crippen LogP contribution in [0.5, 0.6) is 5.75 Å². The molecule has 186 valence electrons. The highest BCUT2D eigenvalue weighted by Crippen LogP contribution is 2.23. The van der Waals surface area contributed by atoms with Crippen LogP contribution < -0.4 is 14.4 Å². The van der Waals surface area contributed by atoms with Crippen molar-refractivity contribution < 1.29 is 22.7 Å². The van der Waals surface area contributed by atoms with Gasteiger partial charge in [0.15, 0.2) is 14.6 Å². The number of benzene rings is 2. The van der Waals surface area contributed by atoms with Crippen LogP contribution in [0.3, 0.4) is 0 Å². The topological polar surface area (TPSA) is 101 Å². The highest BCUT2D eigenvalue weighted by Gasteiger charge is 2.27. The van der Waals surface area contributed by atoms with Crippen LogP contribution in [0.2, 0.25) is 0 Å². The molecule has 1 aliphatic heterocycles. The minimum Gasteiger partial charge on any atom is -0.494 e. The number of carbonyl (C=O) groups excluding carboxylic acids is 2. The van der Waals surface area contributed by atoms with E-state index in [4.69, 9.17) is 4.74 Å². The number of thiazole rings is 1. The van der Waals surface area contributed by atoms with Crippen LogP contribution in [0.15, 0.2) is 53.5 Å². The quantitative estimate of drug-likeness (QED) is 0.475. The van der Waals surface area contributed by atoms with Crippen molar-refractivity contribution in [2.24, 2.45) is 12.0 Å². The van der Waals surface area contributed by atoms with Crippen molar-refractivity contribution in [1.29, 1.82) is 0 Å². The third-order valence-electron chi connectivity index (χ3n) is 5.75. The van der Waals surface area contributed by atoms with Gasteiger partial charge in [-0.15, -0.1) is 0 Å². The minimum absolute atomic E-state index is 0.386. The van der Waals surface area contributed by atoms with Gasteiger partial charge in [-0.2, -0.15) is 4.99 Å². The number of ether oxygens (including phenoxy) is 1. The number of nitrogens with zero attached hydrogens (tertiary/aromatic N) is 4. The average molecular weight is 517 g/mol.